The molecule has 0 radical (unpaired) electrons. The SMILES string of the molecule is O=C(O)CCCNC(=O)c1ccc(C(=O)O)cc1. The van der Waals surface area contributed by atoms with Gasteiger partial charge in [0.05, 0.1) is 5.56 Å². The third kappa shape index (κ3) is 4.25. The van der Waals surface area contributed by atoms with Crippen molar-refractivity contribution in [1.82, 2.24) is 5.32 Å². The molecule has 1 rings (SSSR count). The Hall–Kier alpha value is -2.37. The number of hydrogen-bond acceptors (Lipinski definition) is 3. The lowest BCUT2D eigenvalue weighted by atomic mass is 10.1. The van der Waals surface area contributed by atoms with Crippen LogP contribution < -0.4 is 5.32 Å². The Morgan fingerprint density at radius 3 is 2.06 bits per heavy atom. The summed E-state index contributed by atoms with van der Waals surface area (Å²) >= 11 is 0. The van der Waals surface area contributed by atoms with E-state index in [2.05, 4.69) is 5.32 Å². The van der Waals surface area contributed by atoms with Crippen LogP contribution >= 0.6 is 0 Å². The number of carbonyl (C=O) groups excluding carboxylic acids is 1. The largest absolute Gasteiger partial charge is 0.481 e. The molecule has 3 N–H and O–H groups in total. The van der Waals surface area contributed by atoms with Gasteiger partial charge < -0.3 is 15.5 Å². The van der Waals surface area contributed by atoms with E-state index in [0.717, 1.165) is 0 Å². The number of nitrogens with one attached hydrogen (secondary N) is 1. The fourth-order valence-electron chi connectivity index (χ4n) is 1.31. The van der Waals surface area contributed by atoms with Gasteiger partial charge in [-0.05, 0) is 30.7 Å². The van der Waals surface area contributed by atoms with Gasteiger partial charge in [0.2, 0.25) is 0 Å². The van der Waals surface area contributed by atoms with E-state index in [-0.39, 0.29) is 24.4 Å². The van der Waals surface area contributed by atoms with Crippen LogP contribution in [0.25, 0.3) is 0 Å². The highest BCUT2D eigenvalue weighted by molar-refractivity contribution is 5.95. The van der Waals surface area contributed by atoms with Gasteiger partial charge in [-0.3, -0.25) is 9.59 Å². The van der Waals surface area contributed by atoms with Gasteiger partial charge in [0.1, 0.15) is 0 Å². The maximum atomic E-state index is 11.6. The second kappa shape index (κ2) is 6.39. The second-order valence-corrected chi connectivity index (χ2v) is 3.64. The number of benzene rings is 1. The molecule has 0 aromatic heterocycles. The topological polar surface area (TPSA) is 104 Å². The normalized spacial score (nSPS) is 9.78. The smallest absolute Gasteiger partial charge is 0.335 e. The van der Waals surface area contributed by atoms with E-state index in [1.54, 1.807) is 0 Å². The quantitative estimate of drug-likeness (QED) is 0.654. The molecule has 0 fully saturated rings. The number of aliphatic carboxylic acids is 1. The predicted octanol–water partition coefficient (Wildman–Crippen LogP) is 0.979. The highest BCUT2D eigenvalue weighted by atomic mass is 16.4. The Morgan fingerprint density at radius 1 is 1.00 bits per heavy atom. The minimum atomic E-state index is -1.05. The number of amides is 1. The maximum absolute atomic E-state index is 11.6. The standard InChI is InChI=1S/C12H13NO5/c14-10(15)2-1-7-13-11(16)8-3-5-9(6-4-8)12(17)18/h3-6H,1-2,7H2,(H,13,16)(H,14,15)(H,17,18). The molecule has 0 atom stereocenters. The summed E-state index contributed by atoms with van der Waals surface area (Å²) in [5.41, 5.74) is 0.452. The molecule has 0 heterocycles. The van der Waals surface area contributed by atoms with Gasteiger partial charge in [0, 0.05) is 18.5 Å². The zero-order valence-corrected chi connectivity index (χ0v) is 9.55. The first-order valence-corrected chi connectivity index (χ1v) is 5.34. The summed E-state index contributed by atoms with van der Waals surface area (Å²) in [6.45, 7) is 0.270. The van der Waals surface area contributed by atoms with Crippen molar-refractivity contribution in [3.63, 3.8) is 0 Å². The van der Waals surface area contributed by atoms with Crippen LogP contribution in [0.4, 0.5) is 0 Å². The van der Waals surface area contributed by atoms with E-state index < -0.39 is 11.9 Å². The Bertz CT molecular complexity index is 452. The molecule has 0 aliphatic heterocycles. The highest BCUT2D eigenvalue weighted by Crippen LogP contribution is 2.04. The summed E-state index contributed by atoms with van der Waals surface area (Å²) in [5.74, 6) is -2.31. The molecule has 0 spiro atoms. The van der Waals surface area contributed by atoms with Crippen LogP contribution in [0.2, 0.25) is 0 Å². The summed E-state index contributed by atoms with van der Waals surface area (Å²) in [4.78, 5) is 32.4. The molecule has 0 saturated heterocycles. The first-order chi connectivity index (χ1) is 8.50. The summed E-state index contributed by atoms with van der Waals surface area (Å²) in [6, 6.07) is 5.51. The lowest BCUT2D eigenvalue weighted by Gasteiger charge is -2.04. The first kappa shape index (κ1) is 13.7. The van der Waals surface area contributed by atoms with Crippen LogP contribution in [0.15, 0.2) is 24.3 Å². The fraction of sp³-hybridized carbons (Fsp3) is 0.250. The van der Waals surface area contributed by atoms with Crippen molar-refractivity contribution < 1.29 is 24.6 Å². The van der Waals surface area contributed by atoms with Gasteiger partial charge in [0.25, 0.3) is 5.91 Å². The lowest BCUT2D eigenvalue weighted by molar-refractivity contribution is -0.137. The number of rotatable bonds is 6. The van der Waals surface area contributed by atoms with Crippen LogP contribution in [0.1, 0.15) is 33.6 Å². The van der Waals surface area contributed by atoms with Crippen LogP contribution in [0, 0.1) is 0 Å². The number of aromatic carboxylic acids is 1. The molecule has 6 heteroatoms. The molecule has 1 aromatic carbocycles. The molecule has 0 saturated carbocycles. The average Bonchev–Trinajstić information content (AvgIpc) is 2.34. The van der Waals surface area contributed by atoms with Gasteiger partial charge >= 0.3 is 11.9 Å². The fourth-order valence-corrected chi connectivity index (χ4v) is 1.31. The van der Waals surface area contributed by atoms with E-state index in [1.165, 1.54) is 24.3 Å². The Balaban J connectivity index is 2.46. The Kier molecular flexibility index (Phi) is 4.86. The third-order valence-corrected chi connectivity index (χ3v) is 2.25. The molecule has 0 bridgehead atoms. The molecule has 0 unspecified atom stereocenters. The van der Waals surface area contributed by atoms with Crippen LogP contribution in [-0.4, -0.2) is 34.6 Å². The van der Waals surface area contributed by atoms with Gasteiger partial charge in [-0.15, -0.1) is 0 Å². The first-order valence-electron chi connectivity index (χ1n) is 5.34. The van der Waals surface area contributed by atoms with E-state index in [9.17, 15) is 14.4 Å². The second-order valence-electron chi connectivity index (χ2n) is 3.64. The third-order valence-electron chi connectivity index (χ3n) is 2.25. The van der Waals surface area contributed by atoms with E-state index in [0.29, 0.717) is 12.0 Å². The summed E-state index contributed by atoms with van der Waals surface area (Å²) in [6.07, 6.45) is 0.354. The molecule has 0 aliphatic carbocycles. The van der Waals surface area contributed by atoms with E-state index in [1.807, 2.05) is 0 Å². The van der Waals surface area contributed by atoms with Gasteiger partial charge in [0.15, 0.2) is 0 Å². The van der Waals surface area contributed by atoms with Crippen molar-refractivity contribution in [3.05, 3.63) is 35.4 Å². The molecule has 18 heavy (non-hydrogen) atoms. The highest BCUT2D eigenvalue weighted by Gasteiger charge is 2.07. The minimum Gasteiger partial charge on any atom is -0.481 e. The molecular weight excluding hydrogens is 238 g/mol. The van der Waals surface area contributed by atoms with Crippen molar-refractivity contribution in [1.29, 1.82) is 0 Å². The van der Waals surface area contributed by atoms with E-state index in [4.69, 9.17) is 10.2 Å². The minimum absolute atomic E-state index is 0.00175. The zero-order valence-electron chi connectivity index (χ0n) is 9.55. The van der Waals surface area contributed by atoms with Crippen LogP contribution in [0.3, 0.4) is 0 Å². The van der Waals surface area contributed by atoms with Crippen molar-refractivity contribution in [2.75, 3.05) is 6.54 Å². The number of carboxylic acid groups (broad SMARTS) is 2. The van der Waals surface area contributed by atoms with Gasteiger partial charge in [-0.1, -0.05) is 0 Å². The van der Waals surface area contributed by atoms with E-state index >= 15 is 0 Å². The Labute approximate surface area is 103 Å². The number of carboxylic acids is 2. The Morgan fingerprint density at radius 2 is 1.56 bits per heavy atom. The van der Waals surface area contributed by atoms with Crippen molar-refractivity contribution in [2.45, 2.75) is 12.8 Å². The van der Waals surface area contributed by atoms with Gasteiger partial charge in [-0.2, -0.15) is 0 Å². The van der Waals surface area contributed by atoms with Crippen molar-refractivity contribution in [3.8, 4) is 0 Å². The molecule has 0 aliphatic rings. The van der Waals surface area contributed by atoms with Crippen LogP contribution in [0.5, 0.6) is 0 Å². The maximum Gasteiger partial charge on any atom is 0.335 e. The molecule has 1 amide bonds. The molecular formula is C12H13NO5. The zero-order chi connectivity index (χ0) is 13.5. The molecule has 96 valence electrons. The van der Waals surface area contributed by atoms with Crippen LogP contribution in [-0.2, 0) is 4.79 Å². The monoisotopic (exact) mass is 251 g/mol. The number of carbonyl (C=O) groups is 3. The lowest BCUT2D eigenvalue weighted by Crippen LogP contribution is -2.24. The molecule has 1 aromatic rings. The predicted molar refractivity (Wildman–Crippen MR) is 62.6 cm³/mol. The summed E-state index contributed by atoms with van der Waals surface area (Å²) in [5, 5.41) is 19.6. The number of hydrogen-bond donors (Lipinski definition) is 3. The van der Waals surface area contributed by atoms with Crippen molar-refractivity contribution in [2.24, 2.45) is 0 Å². The van der Waals surface area contributed by atoms with Gasteiger partial charge in [-0.25, -0.2) is 4.79 Å². The molecule has 6 nitrogen and oxygen atoms in total. The summed E-state index contributed by atoms with van der Waals surface area (Å²) < 4.78 is 0. The van der Waals surface area contributed by atoms with Crippen molar-refractivity contribution >= 4 is 17.8 Å². The average molecular weight is 251 g/mol. The summed E-state index contributed by atoms with van der Waals surface area (Å²) in [7, 11) is 0.